The molecule has 0 rings (SSSR count). The molecule has 0 saturated heterocycles. The number of esters is 1. The van der Waals surface area contributed by atoms with Crippen LogP contribution >= 0.6 is 7.82 Å². The van der Waals surface area contributed by atoms with Crippen molar-refractivity contribution in [2.45, 2.75) is 116 Å². The van der Waals surface area contributed by atoms with Gasteiger partial charge in [-0.05, 0) is 83.5 Å². The number of nitrogens with zero attached hydrogens (tertiary/aromatic N) is 1. The van der Waals surface area contributed by atoms with Crippen LogP contribution in [0.25, 0.3) is 0 Å². The third-order valence-electron chi connectivity index (χ3n) is 7.73. The third-order valence-corrected chi connectivity index (χ3v) is 8.69. The second-order valence-corrected chi connectivity index (χ2v) is 15.5. The minimum atomic E-state index is -4.52. The summed E-state index contributed by atoms with van der Waals surface area (Å²) in [5, 5.41) is 9.87. The van der Waals surface area contributed by atoms with Gasteiger partial charge in [-0.1, -0.05) is 141 Å². The highest BCUT2D eigenvalue weighted by Gasteiger charge is 2.16. The standard InChI is InChI=1S/C46H74NO7P/c1-5-6-7-8-9-10-11-12-13-14-15-16-17-18-19-20-21-22-23-24-25-26-27-28-29-30-31-32-33-34-35-36-37-38-39-40-46(49)52-43-45(48)44-54-55(50,51)53-42-41-47(2,3)4/h6-7,9-10,12-13,15-16,18-19,21-22,24-25,27-28,30-31,33-34,45,48H,5,8,11,14,17,20,23,26,29,32,35-44H2,1-4H3/b7-6-,10-9-,13-12-,16-15-,19-18-,22-21-,25-24-,28-27-,31-30-,34-33-. The Kier molecular flexibility index (Phi) is 35.7. The van der Waals surface area contributed by atoms with Crippen molar-refractivity contribution in [3.05, 3.63) is 122 Å². The van der Waals surface area contributed by atoms with Crippen LogP contribution in [-0.4, -0.2) is 69.2 Å². The summed E-state index contributed by atoms with van der Waals surface area (Å²) in [7, 11) is 1.21. The van der Waals surface area contributed by atoms with E-state index in [0.717, 1.165) is 89.9 Å². The number of rotatable bonds is 35. The molecule has 0 aromatic heterocycles. The molecule has 0 fully saturated rings. The monoisotopic (exact) mass is 784 g/mol. The van der Waals surface area contributed by atoms with Crippen LogP contribution in [0.2, 0.25) is 0 Å². The fourth-order valence-corrected chi connectivity index (χ4v) is 5.29. The molecule has 0 radical (unpaired) electrons. The minimum absolute atomic E-state index is 0.0196. The lowest BCUT2D eigenvalue weighted by atomic mass is 10.1. The van der Waals surface area contributed by atoms with Crippen molar-refractivity contribution >= 4 is 13.8 Å². The Labute approximate surface area is 335 Å². The van der Waals surface area contributed by atoms with Crippen molar-refractivity contribution in [1.82, 2.24) is 0 Å². The smallest absolute Gasteiger partial charge is 0.305 e. The lowest BCUT2D eigenvalue weighted by molar-refractivity contribution is -0.870. The number of hydrogen-bond donors (Lipinski definition) is 1. The number of carbonyl (C=O) groups excluding carboxylic acids is 1. The summed E-state index contributed by atoms with van der Waals surface area (Å²) in [6.07, 6.45) is 57.9. The number of hydrogen-bond acceptors (Lipinski definition) is 7. The molecule has 0 heterocycles. The van der Waals surface area contributed by atoms with Crippen molar-refractivity contribution in [1.29, 1.82) is 0 Å². The summed E-state index contributed by atoms with van der Waals surface area (Å²) in [4.78, 5) is 23.7. The Morgan fingerprint density at radius 1 is 0.582 bits per heavy atom. The van der Waals surface area contributed by atoms with E-state index in [4.69, 9.17) is 9.26 Å². The molecule has 0 bridgehead atoms. The minimum Gasteiger partial charge on any atom is -0.756 e. The second kappa shape index (κ2) is 37.8. The maximum absolute atomic E-state index is 11.9. The van der Waals surface area contributed by atoms with Gasteiger partial charge in [-0.2, -0.15) is 0 Å². The highest BCUT2D eigenvalue weighted by molar-refractivity contribution is 7.45. The molecule has 0 aliphatic carbocycles. The third kappa shape index (κ3) is 43.5. The Morgan fingerprint density at radius 2 is 0.964 bits per heavy atom. The molecule has 0 aromatic carbocycles. The zero-order chi connectivity index (χ0) is 40.6. The van der Waals surface area contributed by atoms with Crippen LogP contribution in [0.1, 0.15) is 110 Å². The predicted octanol–water partition coefficient (Wildman–Crippen LogP) is 10.9. The summed E-state index contributed by atoms with van der Waals surface area (Å²) < 4.78 is 26.8. The van der Waals surface area contributed by atoms with Gasteiger partial charge in [0.25, 0.3) is 7.82 Å². The van der Waals surface area contributed by atoms with Crippen LogP contribution in [0.15, 0.2) is 122 Å². The Hall–Kier alpha value is -3.10. The fourth-order valence-electron chi connectivity index (χ4n) is 4.56. The molecular weight excluding hydrogens is 709 g/mol. The first kappa shape index (κ1) is 51.9. The lowest BCUT2D eigenvalue weighted by Gasteiger charge is -2.27. The van der Waals surface area contributed by atoms with Crippen molar-refractivity contribution in [2.24, 2.45) is 0 Å². The van der Waals surface area contributed by atoms with Gasteiger partial charge in [0, 0.05) is 6.42 Å². The molecule has 0 aliphatic rings. The van der Waals surface area contributed by atoms with Gasteiger partial charge in [0.05, 0.1) is 27.7 Å². The van der Waals surface area contributed by atoms with E-state index in [0.29, 0.717) is 17.4 Å². The topological polar surface area (TPSA) is 105 Å². The van der Waals surface area contributed by atoms with E-state index in [2.05, 4.69) is 133 Å². The maximum Gasteiger partial charge on any atom is 0.305 e. The van der Waals surface area contributed by atoms with Gasteiger partial charge in [0.1, 0.15) is 25.9 Å². The van der Waals surface area contributed by atoms with Gasteiger partial charge < -0.3 is 28.3 Å². The SMILES string of the molecule is CC/C=C\C/C=C\C/C=C\C/C=C\C/C=C\C/C=C\C/C=C\C/C=C\C/C=C\C/C=C\CCCCCCC(=O)OCC(O)COP(=O)([O-])OCC[N+](C)(C)C. The van der Waals surface area contributed by atoms with Crippen molar-refractivity contribution < 1.29 is 37.6 Å². The van der Waals surface area contributed by atoms with E-state index >= 15 is 0 Å². The highest BCUT2D eigenvalue weighted by atomic mass is 31.2. The molecule has 0 saturated carbocycles. The van der Waals surface area contributed by atoms with E-state index in [9.17, 15) is 19.4 Å². The molecule has 2 atom stereocenters. The Morgan fingerprint density at radius 3 is 1.36 bits per heavy atom. The van der Waals surface area contributed by atoms with E-state index in [1.54, 1.807) is 0 Å². The first-order chi connectivity index (χ1) is 26.6. The van der Waals surface area contributed by atoms with Gasteiger partial charge in [-0.15, -0.1) is 0 Å². The lowest BCUT2D eigenvalue weighted by Crippen LogP contribution is -2.37. The number of phosphoric acid groups is 1. The number of ether oxygens (including phenoxy) is 1. The number of unbranched alkanes of at least 4 members (excludes halogenated alkanes) is 4. The van der Waals surface area contributed by atoms with E-state index in [-0.39, 0.29) is 19.6 Å². The summed E-state index contributed by atoms with van der Waals surface area (Å²) in [5.41, 5.74) is 0. The number of phosphoric ester groups is 1. The second-order valence-electron chi connectivity index (χ2n) is 14.1. The zero-order valence-corrected chi connectivity index (χ0v) is 35.5. The molecule has 0 aromatic rings. The molecule has 9 heteroatoms. The summed E-state index contributed by atoms with van der Waals surface area (Å²) in [6.45, 7) is 1.77. The number of likely N-dealkylation sites (N-methyl/N-ethyl adjacent to an activating group) is 1. The van der Waals surface area contributed by atoms with Gasteiger partial charge in [0.15, 0.2) is 0 Å². The van der Waals surface area contributed by atoms with Crippen molar-refractivity contribution in [2.75, 3.05) is 47.5 Å². The molecule has 0 spiro atoms. The summed E-state index contributed by atoms with van der Waals surface area (Å²) >= 11 is 0. The van der Waals surface area contributed by atoms with Gasteiger partial charge in [0.2, 0.25) is 0 Å². The van der Waals surface area contributed by atoms with Crippen LogP contribution in [0, 0.1) is 0 Å². The van der Waals surface area contributed by atoms with Crippen molar-refractivity contribution in [3.8, 4) is 0 Å². The molecule has 55 heavy (non-hydrogen) atoms. The number of quaternary nitrogens is 1. The van der Waals surface area contributed by atoms with Crippen LogP contribution in [0.3, 0.4) is 0 Å². The quantitative estimate of drug-likeness (QED) is 0.0224. The van der Waals surface area contributed by atoms with E-state index in [1.165, 1.54) is 0 Å². The van der Waals surface area contributed by atoms with Gasteiger partial charge >= 0.3 is 5.97 Å². The van der Waals surface area contributed by atoms with Crippen LogP contribution in [-0.2, 0) is 23.1 Å². The first-order valence-electron chi connectivity index (χ1n) is 20.3. The van der Waals surface area contributed by atoms with Crippen molar-refractivity contribution in [3.63, 3.8) is 0 Å². The molecular formula is C46H74NO7P. The highest BCUT2D eigenvalue weighted by Crippen LogP contribution is 2.38. The normalized spacial score (nSPS) is 15.1. The predicted molar refractivity (Wildman–Crippen MR) is 230 cm³/mol. The van der Waals surface area contributed by atoms with Crippen LogP contribution in [0.4, 0.5) is 0 Å². The zero-order valence-electron chi connectivity index (χ0n) is 34.6. The molecule has 2 unspecified atom stereocenters. The number of aliphatic hydroxyl groups excluding tert-OH is 1. The van der Waals surface area contributed by atoms with Gasteiger partial charge in [-0.3, -0.25) is 9.36 Å². The Balaban J connectivity index is 3.68. The van der Waals surface area contributed by atoms with E-state index in [1.807, 2.05) is 21.1 Å². The maximum atomic E-state index is 11.9. The fraction of sp³-hybridized carbons (Fsp3) is 0.543. The number of aliphatic hydroxyl groups is 1. The van der Waals surface area contributed by atoms with Crippen LogP contribution in [0.5, 0.6) is 0 Å². The largest absolute Gasteiger partial charge is 0.756 e. The summed E-state index contributed by atoms with van der Waals surface area (Å²) in [6, 6.07) is 0. The van der Waals surface area contributed by atoms with E-state index < -0.39 is 26.5 Å². The number of allylic oxidation sites excluding steroid dienone is 20. The van der Waals surface area contributed by atoms with Crippen LogP contribution < -0.4 is 4.89 Å². The average Bonchev–Trinajstić information content (AvgIpc) is 3.14. The molecule has 310 valence electrons. The molecule has 0 amide bonds. The molecule has 0 aliphatic heterocycles. The molecule has 1 N–H and O–H groups in total. The number of carbonyl (C=O) groups is 1. The molecule has 8 nitrogen and oxygen atoms in total. The summed E-state index contributed by atoms with van der Waals surface area (Å²) in [5.74, 6) is -0.418. The average molecular weight is 784 g/mol. The Bertz CT molecular complexity index is 1280. The van der Waals surface area contributed by atoms with Gasteiger partial charge in [-0.25, -0.2) is 0 Å². The first-order valence-corrected chi connectivity index (χ1v) is 21.8.